The summed E-state index contributed by atoms with van der Waals surface area (Å²) in [4.78, 5) is 0. The van der Waals surface area contributed by atoms with Crippen LogP contribution >= 0.6 is 0 Å². The summed E-state index contributed by atoms with van der Waals surface area (Å²) < 4.78 is 29.7. The van der Waals surface area contributed by atoms with Gasteiger partial charge in [0.25, 0.3) is 0 Å². The number of anilines is 1. The van der Waals surface area contributed by atoms with Crippen LogP contribution in [0.25, 0.3) is 5.57 Å². The van der Waals surface area contributed by atoms with Crippen molar-refractivity contribution in [1.82, 2.24) is 0 Å². The van der Waals surface area contributed by atoms with E-state index in [2.05, 4.69) is 38.4 Å². The Hall–Kier alpha value is -2.27. The first-order valence-corrected chi connectivity index (χ1v) is 9.22. The van der Waals surface area contributed by atoms with E-state index in [0.29, 0.717) is 11.3 Å². The highest BCUT2D eigenvalue weighted by molar-refractivity contribution is 7.87. The minimum Gasteiger partial charge on any atom is -0.382 e. The normalized spacial score (nSPS) is 16.5. The summed E-state index contributed by atoms with van der Waals surface area (Å²) in [6.45, 7) is 13.3. The Kier molecular flexibility index (Phi) is 5.04. The Bertz CT molecular complexity index is 830. The Labute approximate surface area is 144 Å². The van der Waals surface area contributed by atoms with Crippen molar-refractivity contribution in [1.29, 1.82) is 0 Å². The van der Waals surface area contributed by atoms with Gasteiger partial charge in [-0.1, -0.05) is 37.5 Å². The monoisotopic (exact) mass is 345 g/mol. The number of rotatable bonds is 6. The smallest absolute Gasteiger partial charge is 0.313 e. The number of fused-ring (bicyclic) bond motifs is 1. The maximum atomic E-state index is 12.2. The molecule has 5 heteroatoms. The van der Waals surface area contributed by atoms with Gasteiger partial charge < -0.3 is 9.50 Å². The molecule has 0 aliphatic carbocycles. The molecule has 0 fully saturated rings. The molecule has 0 bridgehead atoms. The average Bonchev–Trinajstić information content (AvgIpc) is 2.46. The lowest BCUT2D eigenvalue weighted by Crippen LogP contribution is -2.31. The maximum Gasteiger partial charge on any atom is 0.313 e. The second-order valence-electron chi connectivity index (χ2n) is 6.35. The lowest BCUT2D eigenvalue weighted by atomic mass is 9.91. The van der Waals surface area contributed by atoms with Crippen molar-refractivity contribution in [3.05, 3.63) is 66.8 Å². The van der Waals surface area contributed by atoms with Crippen LogP contribution in [0.4, 0.5) is 5.69 Å². The van der Waals surface area contributed by atoms with Gasteiger partial charge in [0.1, 0.15) is 11.5 Å². The molecule has 0 amide bonds. The molecule has 2 rings (SSSR count). The van der Waals surface area contributed by atoms with Crippen LogP contribution in [0.1, 0.15) is 26.3 Å². The Morgan fingerprint density at radius 2 is 2.04 bits per heavy atom. The SMILES string of the molecule is C=C/C=C(\C=C)CS(=O)(=O)Oc1ccc2c(c1)C(C)=CC(C)(C)N2. The molecule has 4 nitrogen and oxygen atoms in total. The molecule has 1 aromatic rings. The Morgan fingerprint density at radius 1 is 1.33 bits per heavy atom. The molecule has 128 valence electrons. The standard InChI is InChI=1S/C19H23NO3S/c1-6-8-15(7-2)13-24(21,22)23-16-9-10-18-17(11-16)14(3)12-19(4,5)20-18/h6-12,20H,1-2,13H2,3-5H3/b15-8+. The van der Waals surface area contributed by atoms with Gasteiger partial charge in [0, 0.05) is 11.3 Å². The minimum atomic E-state index is -3.76. The van der Waals surface area contributed by atoms with E-state index in [1.54, 1.807) is 18.2 Å². The molecule has 0 spiro atoms. The van der Waals surface area contributed by atoms with Crippen LogP contribution in [0.3, 0.4) is 0 Å². The van der Waals surface area contributed by atoms with E-state index < -0.39 is 10.1 Å². The Balaban J connectivity index is 2.26. The molecular formula is C19H23NO3S. The zero-order valence-electron chi connectivity index (χ0n) is 14.3. The molecule has 0 saturated carbocycles. The van der Waals surface area contributed by atoms with Gasteiger partial charge in [-0.25, -0.2) is 0 Å². The zero-order valence-corrected chi connectivity index (χ0v) is 15.1. The molecule has 0 radical (unpaired) electrons. The molecule has 0 atom stereocenters. The lowest BCUT2D eigenvalue weighted by molar-refractivity contribution is 0.488. The number of hydrogen-bond donors (Lipinski definition) is 1. The molecule has 0 aromatic heterocycles. The maximum absolute atomic E-state index is 12.2. The van der Waals surface area contributed by atoms with Crippen LogP contribution < -0.4 is 9.50 Å². The highest BCUT2D eigenvalue weighted by atomic mass is 32.2. The molecule has 0 saturated heterocycles. The lowest BCUT2D eigenvalue weighted by Gasteiger charge is -2.31. The van der Waals surface area contributed by atoms with Crippen LogP contribution in [-0.4, -0.2) is 19.7 Å². The molecule has 24 heavy (non-hydrogen) atoms. The van der Waals surface area contributed by atoms with E-state index >= 15 is 0 Å². The summed E-state index contributed by atoms with van der Waals surface area (Å²) in [7, 11) is -3.76. The van der Waals surface area contributed by atoms with Crippen LogP contribution in [0, 0.1) is 0 Å². The molecule has 1 aliphatic rings. The fraction of sp³-hybridized carbons (Fsp3) is 0.263. The third-order valence-corrected chi connectivity index (χ3v) is 4.74. The van der Waals surface area contributed by atoms with Crippen molar-refractivity contribution in [2.24, 2.45) is 0 Å². The van der Waals surface area contributed by atoms with Crippen molar-refractivity contribution in [2.75, 3.05) is 11.1 Å². The summed E-state index contributed by atoms with van der Waals surface area (Å²) in [6, 6.07) is 5.24. The third-order valence-electron chi connectivity index (χ3n) is 3.61. The van der Waals surface area contributed by atoms with Crippen LogP contribution in [0.5, 0.6) is 5.75 Å². The summed E-state index contributed by atoms with van der Waals surface area (Å²) in [5, 5.41) is 3.40. The van der Waals surface area contributed by atoms with Crippen molar-refractivity contribution in [2.45, 2.75) is 26.3 Å². The summed E-state index contributed by atoms with van der Waals surface area (Å²) in [6.07, 6.45) is 6.71. The van der Waals surface area contributed by atoms with E-state index in [9.17, 15) is 8.42 Å². The fourth-order valence-electron chi connectivity index (χ4n) is 2.72. The predicted octanol–water partition coefficient (Wildman–Crippen LogP) is 4.30. The quantitative estimate of drug-likeness (QED) is 0.617. The molecule has 1 aromatic carbocycles. The van der Waals surface area contributed by atoms with Crippen LogP contribution in [0.15, 0.2) is 61.2 Å². The van der Waals surface area contributed by atoms with Gasteiger partial charge in [-0.15, -0.1) is 0 Å². The van der Waals surface area contributed by atoms with Crippen LogP contribution in [0.2, 0.25) is 0 Å². The van der Waals surface area contributed by atoms with E-state index in [0.717, 1.165) is 16.8 Å². The minimum absolute atomic E-state index is 0.139. The van der Waals surface area contributed by atoms with Gasteiger partial charge in [0.2, 0.25) is 0 Å². The number of allylic oxidation sites excluding steroid dienone is 4. The van der Waals surface area contributed by atoms with E-state index in [1.807, 2.05) is 13.0 Å². The summed E-state index contributed by atoms with van der Waals surface area (Å²) in [5.41, 5.74) is 3.37. The van der Waals surface area contributed by atoms with Gasteiger partial charge in [-0.3, -0.25) is 0 Å². The van der Waals surface area contributed by atoms with E-state index in [4.69, 9.17) is 4.18 Å². The Morgan fingerprint density at radius 3 is 2.67 bits per heavy atom. The number of nitrogens with one attached hydrogen (secondary N) is 1. The van der Waals surface area contributed by atoms with Gasteiger partial charge >= 0.3 is 10.1 Å². The highest BCUT2D eigenvalue weighted by Gasteiger charge is 2.23. The molecule has 1 N–H and O–H groups in total. The van der Waals surface area contributed by atoms with Gasteiger partial charge in [0.05, 0.1) is 5.54 Å². The third kappa shape index (κ3) is 4.38. The van der Waals surface area contributed by atoms with E-state index in [-0.39, 0.29) is 11.3 Å². The summed E-state index contributed by atoms with van der Waals surface area (Å²) in [5.74, 6) is 0.0460. The summed E-state index contributed by atoms with van der Waals surface area (Å²) >= 11 is 0. The first-order valence-electron chi connectivity index (χ1n) is 7.64. The van der Waals surface area contributed by atoms with Crippen molar-refractivity contribution >= 4 is 21.4 Å². The van der Waals surface area contributed by atoms with Crippen molar-refractivity contribution < 1.29 is 12.6 Å². The second-order valence-corrected chi connectivity index (χ2v) is 7.92. The highest BCUT2D eigenvalue weighted by Crippen LogP contribution is 2.36. The largest absolute Gasteiger partial charge is 0.382 e. The molecule has 1 aliphatic heterocycles. The van der Waals surface area contributed by atoms with Crippen molar-refractivity contribution in [3.63, 3.8) is 0 Å². The molecule has 1 heterocycles. The average molecular weight is 345 g/mol. The number of benzene rings is 1. The first kappa shape index (κ1) is 18.1. The zero-order chi connectivity index (χ0) is 18.0. The predicted molar refractivity (Wildman–Crippen MR) is 101 cm³/mol. The first-order chi connectivity index (χ1) is 11.2. The van der Waals surface area contributed by atoms with Gasteiger partial charge in [-0.2, -0.15) is 8.42 Å². The molecular weight excluding hydrogens is 322 g/mol. The second kappa shape index (κ2) is 6.69. The fourth-order valence-corrected chi connectivity index (χ4v) is 3.80. The van der Waals surface area contributed by atoms with E-state index in [1.165, 1.54) is 12.2 Å². The van der Waals surface area contributed by atoms with Crippen LogP contribution in [-0.2, 0) is 10.1 Å². The van der Waals surface area contributed by atoms with Gasteiger partial charge in [-0.05, 0) is 50.1 Å². The van der Waals surface area contributed by atoms with Gasteiger partial charge in [0.15, 0.2) is 0 Å². The molecule has 0 unspecified atom stereocenters. The van der Waals surface area contributed by atoms with Crippen molar-refractivity contribution in [3.8, 4) is 5.75 Å². The number of hydrogen-bond acceptors (Lipinski definition) is 4. The topological polar surface area (TPSA) is 55.4 Å².